The molecular formula is C15H23NO2. The van der Waals surface area contributed by atoms with Crippen molar-refractivity contribution in [3.05, 3.63) is 29.3 Å². The topological polar surface area (TPSA) is 41.5 Å². The zero-order valence-corrected chi connectivity index (χ0v) is 11.3. The van der Waals surface area contributed by atoms with Gasteiger partial charge in [-0.3, -0.25) is 0 Å². The third-order valence-electron chi connectivity index (χ3n) is 3.74. The highest BCUT2D eigenvalue weighted by Crippen LogP contribution is 2.32. The van der Waals surface area contributed by atoms with Gasteiger partial charge in [0.1, 0.15) is 5.75 Å². The van der Waals surface area contributed by atoms with Crippen molar-refractivity contribution in [2.45, 2.75) is 44.8 Å². The molecule has 1 aromatic rings. The second-order valence-corrected chi connectivity index (χ2v) is 4.98. The molecule has 0 heterocycles. The van der Waals surface area contributed by atoms with E-state index in [0.29, 0.717) is 12.6 Å². The van der Waals surface area contributed by atoms with Gasteiger partial charge in [-0.1, -0.05) is 13.0 Å². The van der Waals surface area contributed by atoms with Gasteiger partial charge >= 0.3 is 0 Å². The highest BCUT2D eigenvalue weighted by atomic mass is 16.5. The fourth-order valence-electron chi connectivity index (χ4n) is 2.55. The molecule has 100 valence electrons. The number of methoxy groups -OCH3 is 1. The van der Waals surface area contributed by atoms with Gasteiger partial charge in [0.25, 0.3) is 0 Å². The van der Waals surface area contributed by atoms with Gasteiger partial charge < -0.3 is 15.2 Å². The summed E-state index contributed by atoms with van der Waals surface area (Å²) in [5.41, 5.74) is 2.74. The number of aliphatic hydroxyl groups is 1. The summed E-state index contributed by atoms with van der Waals surface area (Å²) in [7, 11) is 1.71. The average Bonchev–Trinajstić information content (AvgIpc) is 2.43. The Kier molecular flexibility index (Phi) is 4.61. The second kappa shape index (κ2) is 6.21. The van der Waals surface area contributed by atoms with Crippen molar-refractivity contribution in [1.82, 2.24) is 5.32 Å². The van der Waals surface area contributed by atoms with Gasteiger partial charge in [-0.2, -0.15) is 0 Å². The summed E-state index contributed by atoms with van der Waals surface area (Å²) in [6.07, 6.45) is 4.03. The molecule has 1 aliphatic rings. The number of aryl methyl sites for hydroxylation is 1. The zero-order valence-electron chi connectivity index (χ0n) is 11.3. The standard InChI is InChI=1S/C15H23NO2/c1-3-12(17)10-16-15-6-4-5-11-9-13(18-2)7-8-14(11)15/h7-9,12,15-17H,3-6,10H2,1-2H3. The molecule has 0 aromatic heterocycles. The minimum Gasteiger partial charge on any atom is -0.497 e. The summed E-state index contributed by atoms with van der Waals surface area (Å²) in [6.45, 7) is 2.68. The van der Waals surface area contributed by atoms with E-state index in [1.165, 1.54) is 17.5 Å². The molecule has 3 heteroatoms. The predicted molar refractivity (Wildman–Crippen MR) is 73.0 cm³/mol. The van der Waals surface area contributed by atoms with E-state index in [0.717, 1.165) is 25.0 Å². The van der Waals surface area contributed by atoms with Crippen LogP contribution in [0.2, 0.25) is 0 Å². The first-order valence-electron chi connectivity index (χ1n) is 6.82. The third kappa shape index (κ3) is 3.03. The largest absolute Gasteiger partial charge is 0.497 e. The summed E-state index contributed by atoms with van der Waals surface area (Å²) in [5.74, 6) is 0.933. The summed E-state index contributed by atoms with van der Waals surface area (Å²) < 4.78 is 5.27. The van der Waals surface area contributed by atoms with Crippen LogP contribution in [0.3, 0.4) is 0 Å². The molecule has 0 fully saturated rings. The predicted octanol–water partition coefficient (Wildman–Crippen LogP) is 2.43. The van der Waals surface area contributed by atoms with Gasteiger partial charge in [-0.15, -0.1) is 0 Å². The van der Waals surface area contributed by atoms with Crippen LogP contribution in [0.25, 0.3) is 0 Å². The van der Waals surface area contributed by atoms with E-state index >= 15 is 0 Å². The van der Waals surface area contributed by atoms with Gasteiger partial charge in [0, 0.05) is 12.6 Å². The fourth-order valence-corrected chi connectivity index (χ4v) is 2.55. The van der Waals surface area contributed by atoms with Crippen LogP contribution in [-0.2, 0) is 6.42 Å². The van der Waals surface area contributed by atoms with E-state index in [4.69, 9.17) is 4.74 Å². The van der Waals surface area contributed by atoms with E-state index < -0.39 is 0 Å². The molecule has 0 amide bonds. The lowest BCUT2D eigenvalue weighted by atomic mass is 9.87. The van der Waals surface area contributed by atoms with E-state index in [2.05, 4.69) is 17.4 Å². The van der Waals surface area contributed by atoms with Crippen LogP contribution in [0.15, 0.2) is 18.2 Å². The van der Waals surface area contributed by atoms with Crippen LogP contribution >= 0.6 is 0 Å². The highest BCUT2D eigenvalue weighted by molar-refractivity contribution is 5.39. The maximum atomic E-state index is 9.64. The van der Waals surface area contributed by atoms with Gasteiger partial charge in [0.15, 0.2) is 0 Å². The Morgan fingerprint density at radius 2 is 2.33 bits per heavy atom. The van der Waals surface area contributed by atoms with E-state index in [-0.39, 0.29) is 6.10 Å². The average molecular weight is 249 g/mol. The Bertz CT molecular complexity index is 392. The van der Waals surface area contributed by atoms with Crippen LogP contribution in [0.4, 0.5) is 0 Å². The first-order valence-corrected chi connectivity index (χ1v) is 6.82. The van der Waals surface area contributed by atoms with Crippen molar-refractivity contribution in [1.29, 1.82) is 0 Å². The molecule has 1 aliphatic carbocycles. The molecule has 0 aliphatic heterocycles. The lowest BCUT2D eigenvalue weighted by Crippen LogP contribution is -2.32. The molecule has 0 spiro atoms. The van der Waals surface area contributed by atoms with Crippen LogP contribution < -0.4 is 10.1 Å². The molecule has 0 bridgehead atoms. The van der Waals surface area contributed by atoms with Crippen molar-refractivity contribution in [2.24, 2.45) is 0 Å². The van der Waals surface area contributed by atoms with Gasteiger partial charge in [0.2, 0.25) is 0 Å². The number of benzene rings is 1. The number of rotatable bonds is 5. The highest BCUT2D eigenvalue weighted by Gasteiger charge is 2.20. The SMILES string of the molecule is CCC(O)CNC1CCCc2cc(OC)ccc21. The Balaban J connectivity index is 2.08. The van der Waals surface area contributed by atoms with Crippen LogP contribution in [0.5, 0.6) is 5.75 Å². The monoisotopic (exact) mass is 249 g/mol. The first kappa shape index (κ1) is 13.4. The summed E-state index contributed by atoms with van der Waals surface area (Å²) >= 11 is 0. The van der Waals surface area contributed by atoms with Gasteiger partial charge in [0.05, 0.1) is 13.2 Å². The first-order chi connectivity index (χ1) is 8.74. The number of fused-ring (bicyclic) bond motifs is 1. The van der Waals surface area contributed by atoms with Gasteiger partial charge in [-0.25, -0.2) is 0 Å². The van der Waals surface area contributed by atoms with E-state index in [9.17, 15) is 5.11 Å². The molecule has 0 saturated carbocycles. The maximum absolute atomic E-state index is 9.64. The number of hydrogen-bond acceptors (Lipinski definition) is 3. The Morgan fingerprint density at radius 3 is 3.06 bits per heavy atom. The molecule has 1 aromatic carbocycles. The van der Waals surface area contributed by atoms with Crippen molar-refractivity contribution < 1.29 is 9.84 Å². The summed E-state index contributed by atoms with van der Waals surface area (Å²) in [6, 6.07) is 6.69. The maximum Gasteiger partial charge on any atom is 0.119 e. The van der Waals surface area contributed by atoms with Crippen LogP contribution in [0, 0.1) is 0 Å². The Hall–Kier alpha value is -1.06. The molecule has 0 saturated heterocycles. The van der Waals surface area contributed by atoms with Crippen molar-refractivity contribution in [3.8, 4) is 5.75 Å². The van der Waals surface area contributed by atoms with E-state index in [1.54, 1.807) is 7.11 Å². The van der Waals surface area contributed by atoms with Crippen molar-refractivity contribution >= 4 is 0 Å². The number of nitrogens with one attached hydrogen (secondary N) is 1. The quantitative estimate of drug-likeness (QED) is 0.842. The number of hydrogen-bond donors (Lipinski definition) is 2. The van der Waals surface area contributed by atoms with Crippen molar-refractivity contribution in [2.75, 3.05) is 13.7 Å². The molecular weight excluding hydrogens is 226 g/mol. The summed E-state index contributed by atoms with van der Waals surface area (Å²) in [5, 5.41) is 13.1. The fraction of sp³-hybridized carbons (Fsp3) is 0.600. The number of aliphatic hydroxyl groups excluding tert-OH is 1. The molecule has 2 atom stereocenters. The minimum absolute atomic E-state index is 0.242. The number of ether oxygens (including phenoxy) is 1. The Morgan fingerprint density at radius 1 is 1.50 bits per heavy atom. The van der Waals surface area contributed by atoms with Crippen LogP contribution in [0.1, 0.15) is 43.4 Å². The molecule has 3 nitrogen and oxygen atoms in total. The van der Waals surface area contributed by atoms with E-state index in [1.807, 2.05) is 13.0 Å². The van der Waals surface area contributed by atoms with Gasteiger partial charge in [-0.05, 0) is 48.9 Å². The Labute approximate surface area is 109 Å². The second-order valence-electron chi connectivity index (χ2n) is 4.98. The normalized spacial score (nSPS) is 20.3. The molecule has 2 rings (SSSR count). The molecule has 18 heavy (non-hydrogen) atoms. The van der Waals surface area contributed by atoms with Crippen LogP contribution in [-0.4, -0.2) is 24.9 Å². The smallest absolute Gasteiger partial charge is 0.119 e. The third-order valence-corrected chi connectivity index (χ3v) is 3.74. The van der Waals surface area contributed by atoms with Crippen molar-refractivity contribution in [3.63, 3.8) is 0 Å². The minimum atomic E-state index is -0.242. The molecule has 0 radical (unpaired) electrons. The lowest BCUT2D eigenvalue weighted by Gasteiger charge is -2.27. The lowest BCUT2D eigenvalue weighted by molar-refractivity contribution is 0.161. The summed E-state index contributed by atoms with van der Waals surface area (Å²) in [4.78, 5) is 0. The zero-order chi connectivity index (χ0) is 13.0. The molecule has 2 N–H and O–H groups in total. The molecule has 2 unspecified atom stereocenters.